The van der Waals surface area contributed by atoms with Gasteiger partial charge in [-0.2, -0.15) is 5.10 Å². The molecule has 1 heterocycles. The lowest BCUT2D eigenvalue weighted by atomic mass is 10.2. The van der Waals surface area contributed by atoms with Crippen LogP contribution < -0.4 is 15.4 Å². The van der Waals surface area contributed by atoms with E-state index in [9.17, 15) is 4.79 Å². The summed E-state index contributed by atoms with van der Waals surface area (Å²) in [6.45, 7) is 2.48. The molecular formula is C16H22N4O3. The molecule has 3 N–H and O–H groups in total. The molecule has 23 heavy (non-hydrogen) atoms. The maximum absolute atomic E-state index is 11.8. The third-order valence-electron chi connectivity index (χ3n) is 3.33. The van der Waals surface area contributed by atoms with E-state index in [4.69, 9.17) is 9.84 Å². The maximum Gasteiger partial charge on any atom is 0.319 e. The second-order valence-electron chi connectivity index (χ2n) is 5.29. The van der Waals surface area contributed by atoms with Gasteiger partial charge in [-0.3, -0.25) is 4.68 Å². The summed E-state index contributed by atoms with van der Waals surface area (Å²) < 4.78 is 6.87. The van der Waals surface area contributed by atoms with Crippen LogP contribution >= 0.6 is 0 Å². The van der Waals surface area contributed by atoms with Crippen LogP contribution in [0, 0.1) is 0 Å². The predicted molar refractivity (Wildman–Crippen MR) is 87.6 cm³/mol. The van der Waals surface area contributed by atoms with Crippen molar-refractivity contribution >= 4 is 11.7 Å². The predicted octanol–water partition coefficient (Wildman–Crippen LogP) is 1.83. The Morgan fingerprint density at radius 3 is 2.78 bits per heavy atom. The van der Waals surface area contributed by atoms with E-state index < -0.39 is 0 Å². The summed E-state index contributed by atoms with van der Waals surface area (Å²) in [5.41, 5.74) is 1.70. The van der Waals surface area contributed by atoms with Crippen molar-refractivity contribution < 1.29 is 14.6 Å². The zero-order chi connectivity index (χ0) is 16.7. The number of anilines is 1. The quantitative estimate of drug-likeness (QED) is 0.727. The monoisotopic (exact) mass is 318 g/mol. The number of amides is 2. The van der Waals surface area contributed by atoms with E-state index in [-0.39, 0.29) is 18.7 Å². The number of hydrogen-bond acceptors (Lipinski definition) is 4. The molecule has 0 saturated heterocycles. The standard InChI is InChI=1S/C16H22N4O3/c1-12(7-8-21)18-16(22)19-14-9-17-20(11-14)10-13-3-5-15(23-2)6-4-13/h3-6,9,11-12,21H,7-8,10H2,1-2H3,(H2,18,19,22)/t12-/m0/s1. The molecule has 7 nitrogen and oxygen atoms in total. The molecule has 2 amide bonds. The SMILES string of the molecule is COc1ccc(Cn2cc(NC(=O)N[C@@H](C)CCO)cn2)cc1. The molecule has 0 bridgehead atoms. The first-order valence-electron chi connectivity index (χ1n) is 7.44. The number of aliphatic hydroxyl groups excluding tert-OH is 1. The van der Waals surface area contributed by atoms with E-state index in [1.165, 1.54) is 0 Å². The first-order chi connectivity index (χ1) is 11.1. The van der Waals surface area contributed by atoms with Gasteiger partial charge in [0.05, 0.1) is 25.5 Å². The molecule has 0 radical (unpaired) electrons. The highest BCUT2D eigenvalue weighted by atomic mass is 16.5. The van der Waals surface area contributed by atoms with Crippen molar-refractivity contribution in [1.82, 2.24) is 15.1 Å². The molecule has 124 valence electrons. The maximum atomic E-state index is 11.8. The van der Waals surface area contributed by atoms with Crippen LogP contribution in [0.5, 0.6) is 5.75 Å². The number of aliphatic hydroxyl groups is 1. The Kier molecular flexibility index (Phi) is 5.99. The van der Waals surface area contributed by atoms with Gasteiger partial charge in [-0.15, -0.1) is 0 Å². The molecule has 0 aliphatic carbocycles. The summed E-state index contributed by atoms with van der Waals surface area (Å²) >= 11 is 0. The summed E-state index contributed by atoms with van der Waals surface area (Å²) in [5, 5.41) is 18.5. The zero-order valence-electron chi connectivity index (χ0n) is 13.3. The van der Waals surface area contributed by atoms with Gasteiger partial charge in [0, 0.05) is 18.8 Å². The van der Waals surface area contributed by atoms with Crippen LogP contribution in [0.15, 0.2) is 36.7 Å². The molecule has 2 rings (SSSR count). The van der Waals surface area contributed by atoms with E-state index in [1.54, 1.807) is 24.2 Å². The number of carbonyl (C=O) groups excluding carboxylic acids is 1. The fourth-order valence-electron chi connectivity index (χ4n) is 2.09. The van der Waals surface area contributed by atoms with Crippen LogP contribution in [0.25, 0.3) is 0 Å². The smallest absolute Gasteiger partial charge is 0.319 e. The van der Waals surface area contributed by atoms with Crippen LogP contribution in [0.3, 0.4) is 0 Å². The number of carbonyl (C=O) groups is 1. The molecule has 0 fully saturated rings. The Bertz CT molecular complexity index is 625. The van der Waals surface area contributed by atoms with Crippen molar-refractivity contribution in [1.29, 1.82) is 0 Å². The number of urea groups is 1. The van der Waals surface area contributed by atoms with Gasteiger partial charge in [-0.05, 0) is 31.0 Å². The Hall–Kier alpha value is -2.54. The fraction of sp³-hybridized carbons (Fsp3) is 0.375. The second kappa shape index (κ2) is 8.19. The molecule has 0 saturated carbocycles. The van der Waals surface area contributed by atoms with E-state index in [0.29, 0.717) is 18.7 Å². The number of rotatable bonds is 7. The van der Waals surface area contributed by atoms with Crippen molar-refractivity contribution in [3.05, 3.63) is 42.2 Å². The van der Waals surface area contributed by atoms with Crippen LogP contribution in [0.4, 0.5) is 10.5 Å². The molecule has 0 aliphatic heterocycles. The van der Waals surface area contributed by atoms with Crippen molar-refractivity contribution in [2.24, 2.45) is 0 Å². The number of aromatic nitrogens is 2. The average Bonchev–Trinajstić information content (AvgIpc) is 2.95. The Morgan fingerprint density at radius 1 is 1.39 bits per heavy atom. The minimum Gasteiger partial charge on any atom is -0.497 e. The van der Waals surface area contributed by atoms with Crippen molar-refractivity contribution in [3.63, 3.8) is 0 Å². The molecule has 7 heteroatoms. The highest BCUT2D eigenvalue weighted by Crippen LogP contribution is 2.13. The summed E-state index contributed by atoms with van der Waals surface area (Å²) in [5.74, 6) is 0.810. The minimum absolute atomic E-state index is 0.0429. The molecular weight excluding hydrogens is 296 g/mol. The van der Waals surface area contributed by atoms with Gasteiger partial charge in [0.1, 0.15) is 5.75 Å². The van der Waals surface area contributed by atoms with E-state index >= 15 is 0 Å². The lowest BCUT2D eigenvalue weighted by Gasteiger charge is -2.12. The summed E-state index contributed by atoms with van der Waals surface area (Å²) in [6, 6.07) is 7.33. The van der Waals surface area contributed by atoms with Crippen LogP contribution in [0.2, 0.25) is 0 Å². The number of methoxy groups -OCH3 is 1. The van der Waals surface area contributed by atoms with Gasteiger partial charge < -0.3 is 20.5 Å². The average molecular weight is 318 g/mol. The number of hydrogen-bond donors (Lipinski definition) is 3. The van der Waals surface area contributed by atoms with Gasteiger partial charge in [0.25, 0.3) is 0 Å². The zero-order valence-corrected chi connectivity index (χ0v) is 13.3. The molecule has 1 aromatic carbocycles. The third kappa shape index (κ3) is 5.30. The van der Waals surface area contributed by atoms with Crippen molar-refractivity contribution in [3.8, 4) is 5.75 Å². The van der Waals surface area contributed by atoms with Gasteiger partial charge >= 0.3 is 6.03 Å². The summed E-state index contributed by atoms with van der Waals surface area (Å²) in [6.07, 6.45) is 3.88. The molecule has 0 aliphatic rings. The Labute approximate surface area is 135 Å². The normalized spacial score (nSPS) is 11.8. The Morgan fingerprint density at radius 2 is 2.13 bits per heavy atom. The van der Waals surface area contributed by atoms with Crippen molar-refractivity contribution in [2.45, 2.75) is 25.9 Å². The van der Waals surface area contributed by atoms with E-state index in [0.717, 1.165) is 11.3 Å². The number of ether oxygens (including phenoxy) is 1. The van der Waals surface area contributed by atoms with Crippen molar-refractivity contribution in [2.75, 3.05) is 19.0 Å². The van der Waals surface area contributed by atoms with Gasteiger partial charge in [0.15, 0.2) is 0 Å². The first-order valence-corrected chi connectivity index (χ1v) is 7.44. The topological polar surface area (TPSA) is 88.4 Å². The highest BCUT2D eigenvalue weighted by Gasteiger charge is 2.08. The van der Waals surface area contributed by atoms with Gasteiger partial charge in [-0.1, -0.05) is 12.1 Å². The summed E-state index contributed by atoms with van der Waals surface area (Å²) in [7, 11) is 1.63. The van der Waals surface area contributed by atoms with Crippen LogP contribution in [-0.2, 0) is 6.54 Å². The largest absolute Gasteiger partial charge is 0.497 e. The minimum atomic E-state index is -0.310. The van der Waals surface area contributed by atoms with Crippen LogP contribution in [-0.4, -0.2) is 40.7 Å². The Balaban J connectivity index is 1.88. The van der Waals surface area contributed by atoms with Gasteiger partial charge in [-0.25, -0.2) is 4.79 Å². The first kappa shape index (κ1) is 16.8. The van der Waals surface area contributed by atoms with E-state index in [2.05, 4.69) is 15.7 Å². The highest BCUT2D eigenvalue weighted by molar-refractivity contribution is 5.89. The molecule has 1 atom stereocenters. The number of nitrogens with one attached hydrogen (secondary N) is 2. The lowest BCUT2D eigenvalue weighted by molar-refractivity contribution is 0.241. The molecule has 0 spiro atoms. The second-order valence-corrected chi connectivity index (χ2v) is 5.29. The fourth-order valence-corrected chi connectivity index (χ4v) is 2.09. The molecule has 2 aromatic rings. The van der Waals surface area contributed by atoms with Crippen LogP contribution in [0.1, 0.15) is 18.9 Å². The van der Waals surface area contributed by atoms with E-state index in [1.807, 2.05) is 31.2 Å². The number of benzene rings is 1. The molecule has 0 unspecified atom stereocenters. The lowest BCUT2D eigenvalue weighted by Crippen LogP contribution is -2.36. The number of nitrogens with zero attached hydrogens (tertiary/aromatic N) is 2. The van der Waals surface area contributed by atoms with Gasteiger partial charge in [0.2, 0.25) is 0 Å². The molecule has 1 aromatic heterocycles. The summed E-state index contributed by atoms with van der Waals surface area (Å²) in [4.78, 5) is 11.8. The third-order valence-corrected chi connectivity index (χ3v) is 3.33.